The number of methoxy groups -OCH3 is 1. The van der Waals surface area contributed by atoms with Crippen molar-refractivity contribution in [2.24, 2.45) is 0 Å². The van der Waals surface area contributed by atoms with Crippen molar-refractivity contribution in [1.82, 2.24) is 10.2 Å². The zero-order valence-electron chi connectivity index (χ0n) is 12.2. The molecule has 1 saturated heterocycles. The van der Waals surface area contributed by atoms with Crippen LogP contribution in [0, 0.1) is 0 Å². The average molecular weight is 317 g/mol. The van der Waals surface area contributed by atoms with E-state index in [9.17, 15) is 18.0 Å². The third-order valence-electron chi connectivity index (χ3n) is 3.43. The van der Waals surface area contributed by atoms with E-state index in [0.717, 1.165) is 11.4 Å². The Balaban J connectivity index is 1.89. The van der Waals surface area contributed by atoms with Crippen molar-refractivity contribution in [3.63, 3.8) is 0 Å². The van der Waals surface area contributed by atoms with Crippen LogP contribution in [0.3, 0.4) is 0 Å². The fraction of sp³-hybridized carbons (Fsp3) is 0.500. The molecule has 1 heterocycles. The van der Waals surface area contributed by atoms with Gasteiger partial charge in [0.05, 0.1) is 12.8 Å². The molecule has 0 aliphatic carbocycles. The molecule has 0 radical (unpaired) electrons. The molecule has 1 aromatic rings. The number of amides is 2. The average Bonchev–Trinajstić information content (AvgIpc) is 2.52. The Morgan fingerprint density at radius 1 is 1.23 bits per heavy atom. The van der Waals surface area contributed by atoms with Crippen LogP contribution in [0.4, 0.5) is 23.7 Å². The Morgan fingerprint density at radius 2 is 1.86 bits per heavy atom. The van der Waals surface area contributed by atoms with Gasteiger partial charge in [-0.15, -0.1) is 0 Å². The van der Waals surface area contributed by atoms with Gasteiger partial charge in [0.25, 0.3) is 0 Å². The molecule has 0 bridgehead atoms. The van der Waals surface area contributed by atoms with E-state index in [4.69, 9.17) is 4.74 Å². The fourth-order valence-electron chi connectivity index (χ4n) is 2.33. The lowest BCUT2D eigenvalue weighted by atomic mass is 10.2. The number of hydrogen-bond acceptors (Lipinski definition) is 3. The van der Waals surface area contributed by atoms with Gasteiger partial charge in [-0.25, -0.2) is 4.79 Å². The number of piperazine rings is 1. The Hall–Kier alpha value is -2.12. The van der Waals surface area contributed by atoms with Gasteiger partial charge < -0.3 is 19.9 Å². The van der Waals surface area contributed by atoms with Crippen LogP contribution in [-0.2, 0) is 0 Å². The third-order valence-corrected chi connectivity index (χ3v) is 3.43. The van der Waals surface area contributed by atoms with Gasteiger partial charge >= 0.3 is 12.2 Å². The molecule has 8 heteroatoms. The Morgan fingerprint density at radius 3 is 2.45 bits per heavy atom. The van der Waals surface area contributed by atoms with Crippen LogP contribution in [0.2, 0.25) is 0 Å². The molecule has 22 heavy (non-hydrogen) atoms. The van der Waals surface area contributed by atoms with Crippen molar-refractivity contribution < 1.29 is 22.7 Å². The maximum atomic E-state index is 12.1. The van der Waals surface area contributed by atoms with Crippen LogP contribution in [0.5, 0.6) is 5.75 Å². The molecule has 0 aromatic heterocycles. The molecule has 1 fully saturated rings. The monoisotopic (exact) mass is 317 g/mol. The van der Waals surface area contributed by atoms with Gasteiger partial charge in [0.15, 0.2) is 0 Å². The van der Waals surface area contributed by atoms with E-state index in [1.165, 1.54) is 4.90 Å². The zero-order chi connectivity index (χ0) is 16.2. The zero-order valence-corrected chi connectivity index (χ0v) is 12.2. The number of halogens is 3. The molecule has 1 N–H and O–H groups in total. The Labute approximate surface area is 126 Å². The molecule has 2 rings (SSSR count). The highest BCUT2D eigenvalue weighted by atomic mass is 19.4. The van der Waals surface area contributed by atoms with Crippen LogP contribution in [0.1, 0.15) is 0 Å². The lowest BCUT2D eigenvalue weighted by molar-refractivity contribution is -0.123. The number of benzene rings is 1. The largest absolute Gasteiger partial charge is 0.495 e. The summed E-state index contributed by atoms with van der Waals surface area (Å²) >= 11 is 0. The summed E-state index contributed by atoms with van der Waals surface area (Å²) in [5, 5.41) is 1.89. The van der Waals surface area contributed by atoms with Crippen LogP contribution in [0.15, 0.2) is 24.3 Å². The second-order valence-electron chi connectivity index (χ2n) is 4.92. The quantitative estimate of drug-likeness (QED) is 0.928. The van der Waals surface area contributed by atoms with E-state index >= 15 is 0 Å². The summed E-state index contributed by atoms with van der Waals surface area (Å²) in [5.74, 6) is 0.734. The first-order chi connectivity index (χ1) is 10.4. The molecule has 0 saturated carbocycles. The number of urea groups is 1. The Kier molecular flexibility index (Phi) is 4.99. The number of carbonyl (C=O) groups excluding carboxylic acids is 1. The molecule has 1 aromatic carbocycles. The fourth-order valence-corrected chi connectivity index (χ4v) is 2.33. The van der Waals surface area contributed by atoms with Crippen molar-refractivity contribution >= 4 is 11.7 Å². The summed E-state index contributed by atoms with van der Waals surface area (Å²) in [6.07, 6.45) is -4.39. The molecule has 1 aliphatic heterocycles. The van der Waals surface area contributed by atoms with E-state index in [2.05, 4.69) is 0 Å². The number of alkyl halides is 3. The highest BCUT2D eigenvalue weighted by molar-refractivity contribution is 5.74. The first-order valence-corrected chi connectivity index (χ1v) is 6.88. The van der Waals surface area contributed by atoms with Crippen LogP contribution < -0.4 is 15.0 Å². The second kappa shape index (κ2) is 6.76. The van der Waals surface area contributed by atoms with Crippen molar-refractivity contribution in [2.75, 3.05) is 44.7 Å². The van der Waals surface area contributed by atoms with Crippen LogP contribution in [0.25, 0.3) is 0 Å². The third kappa shape index (κ3) is 4.19. The summed E-state index contributed by atoms with van der Waals surface area (Å²) in [6.45, 7) is 0.502. The summed E-state index contributed by atoms with van der Waals surface area (Å²) < 4.78 is 41.6. The van der Waals surface area contributed by atoms with Crippen LogP contribution >= 0.6 is 0 Å². The molecular formula is C14H18F3N3O2. The van der Waals surface area contributed by atoms with Gasteiger partial charge in [-0.2, -0.15) is 13.2 Å². The highest BCUT2D eigenvalue weighted by Gasteiger charge is 2.30. The van der Waals surface area contributed by atoms with Gasteiger partial charge in [0.2, 0.25) is 0 Å². The smallest absolute Gasteiger partial charge is 0.405 e. The minimum Gasteiger partial charge on any atom is -0.495 e. The molecule has 0 unspecified atom stereocenters. The minimum absolute atomic E-state index is 0.363. The number of nitrogens with one attached hydrogen (secondary N) is 1. The van der Waals surface area contributed by atoms with Gasteiger partial charge in [-0.1, -0.05) is 12.1 Å². The van der Waals surface area contributed by atoms with Crippen molar-refractivity contribution in [3.8, 4) is 5.75 Å². The van der Waals surface area contributed by atoms with E-state index < -0.39 is 18.8 Å². The van der Waals surface area contributed by atoms with Gasteiger partial charge in [-0.3, -0.25) is 0 Å². The lowest BCUT2D eigenvalue weighted by Crippen LogP contribution is -2.53. The molecular weight excluding hydrogens is 299 g/mol. The molecule has 0 atom stereocenters. The summed E-state index contributed by atoms with van der Waals surface area (Å²) in [5.41, 5.74) is 0.917. The topological polar surface area (TPSA) is 44.8 Å². The van der Waals surface area contributed by atoms with Crippen molar-refractivity contribution in [1.29, 1.82) is 0 Å². The standard InChI is InChI=1S/C14H18F3N3O2/c1-22-12-5-3-2-4-11(12)19-6-8-20(9-7-19)13(21)18-10-14(15,16)17/h2-5H,6-10H2,1H3,(H,18,21). The Bertz CT molecular complexity index is 514. The number of carbonyl (C=O) groups is 1. The summed E-state index contributed by atoms with van der Waals surface area (Å²) in [7, 11) is 1.58. The van der Waals surface area contributed by atoms with Gasteiger partial charge in [0, 0.05) is 26.2 Å². The lowest BCUT2D eigenvalue weighted by Gasteiger charge is -2.36. The minimum atomic E-state index is -4.39. The highest BCUT2D eigenvalue weighted by Crippen LogP contribution is 2.28. The number of para-hydroxylation sites is 2. The maximum Gasteiger partial charge on any atom is 0.405 e. The predicted molar refractivity (Wildman–Crippen MR) is 76.2 cm³/mol. The normalized spacial score (nSPS) is 15.6. The number of rotatable bonds is 3. The van der Waals surface area contributed by atoms with Crippen molar-refractivity contribution in [2.45, 2.75) is 6.18 Å². The first-order valence-electron chi connectivity index (χ1n) is 6.88. The molecule has 1 aliphatic rings. The van der Waals surface area contributed by atoms with E-state index in [-0.39, 0.29) is 0 Å². The first kappa shape index (κ1) is 16.3. The number of anilines is 1. The maximum absolute atomic E-state index is 12.1. The van der Waals surface area contributed by atoms with Gasteiger partial charge in [-0.05, 0) is 12.1 Å². The predicted octanol–water partition coefficient (Wildman–Crippen LogP) is 2.09. The van der Waals surface area contributed by atoms with Crippen molar-refractivity contribution in [3.05, 3.63) is 24.3 Å². The van der Waals surface area contributed by atoms with E-state index in [1.54, 1.807) is 7.11 Å². The molecule has 0 spiro atoms. The number of nitrogens with zero attached hydrogens (tertiary/aromatic N) is 2. The number of hydrogen-bond donors (Lipinski definition) is 1. The SMILES string of the molecule is COc1ccccc1N1CCN(C(=O)NCC(F)(F)F)CC1. The number of ether oxygens (including phenoxy) is 1. The molecule has 122 valence electrons. The molecule has 5 nitrogen and oxygen atoms in total. The summed E-state index contributed by atoms with van der Waals surface area (Å²) in [4.78, 5) is 15.1. The molecule has 2 amide bonds. The van der Waals surface area contributed by atoms with Crippen LogP contribution in [-0.4, -0.2) is 56.9 Å². The van der Waals surface area contributed by atoms with E-state index in [1.807, 2.05) is 34.5 Å². The van der Waals surface area contributed by atoms with Gasteiger partial charge in [0.1, 0.15) is 12.3 Å². The van der Waals surface area contributed by atoms with E-state index in [0.29, 0.717) is 26.2 Å². The second-order valence-corrected chi connectivity index (χ2v) is 4.92. The summed E-state index contributed by atoms with van der Waals surface area (Å²) in [6, 6.07) is 6.83.